The van der Waals surface area contributed by atoms with Crippen molar-refractivity contribution in [1.29, 1.82) is 0 Å². The van der Waals surface area contributed by atoms with E-state index in [1.807, 2.05) is 88.4 Å². The first-order valence-corrected chi connectivity index (χ1v) is 17.3. The van der Waals surface area contributed by atoms with Gasteiger partial charge in [0, 0.05) is 23.0 Å². The van der Waals surface area contributed by atoms with E-state index in [4.69, 9.17) is 4.74 Å². The third kappa shape index (κ3) is 9.43. The van der Waals surface area contributed by atoms with Crippen LogP contribution in [0.4, 0.5) is 5.69 Å². The standard InChI is InChI=1S/C36H40BrN3O5S/c1-5-45-31-20-18-30(19-21-31)40(46(43,44)32-22-16-29(37)17-23-32)26-34(41)39(25-28-14-10-7-11-15-28)33(35(42)38-36(2,3)4)24-27-12-8-6-9-13-27/h6-23,33H,5,24-26H2,1-4H3,(H,38,42)/t33-/m0/s1. The highest BCUT2D eigenvalue weighted by molar-refractivity contribution is 9.10. The van der Waals surface area contributed by atoms with Gasteiger partial charge in [-0.3, -0.25) is 13.9 Å². The second kappa shape index (κ2) is 15.4. The molecule has 4 aromatic carbocycles. The number of ether oxygens (including phenoxy) is 1. The maximum Gasteiger partial charge on any atom is 0.264 e. The summed E-state index contributed by atoms with van der Waals surface area (Å²) in [7, 11) is -4.21. The Kier molecular flexibility index (Phi) is 11.6. The number of benzene rings is 4. The van der Waals surface area contributed by atoms with Crippen molar-refractivity contribution >= 4 is 43.5 Å². The Morgan fingerprint density at radius 1 is 0.826 bits per heavy atom. The number of halogens is 1. The van der Waals surface area contributed by atoms with Crippen LogP contribution in [0.2, 0.25) is 0 Å². The van der Waals surface area contributed by atoms with Crippen LogP contribution in [-0.2, 0) is 32.6 Å². The Balaban J connectivity index is 1.80. The van der Waals surface area contributed by atoms with Crippen molar-refractivity contribution in [2.45, 2.75) is 57.1 Å². The van der Waals surface area contributed by atoms with Crippen LogP contribution in [0.5, 0.6) is 5.75 Å². The van der Waals surface area contributed by atoms with E-state index in [9.17, 15) is 18.0 Å². The van der Waals surface area contributed by atoms with Gasteiger partial charge in [0.1, 0.15) is 18.3 Å². The van der Waals surface area contributed by atoms with Gasteiger partial charge in [-0.25, -0.2) is 8.42 Å². The molecule has 0 aliphatic heterocycles. The molecule has 0 radical (unpaired) electrons. The molecule has 4 rings (SSSR count). The summed E-state index contributed by atoms with van der Waals surface area (Å²) in [5.41, 5.74) is 1.40. The molecule has 4 aromatic rings. The Morgan fingerprint density at radius 2 is 1.39 bits per heavy atom. The molecule has 0 aliphatic carbocycles. The molecule has 1 N–H and O–H groups in total. The minimum absolute atomic E-state index is 0.0262. The molecular weight excluding hydrogens is 666 g/mol. The molecule has 0 bridgehead atoms. The van der Waals surface area contributed by atoms with E-state index < -0.39 is 34.1 Å². The molecule has 0 saturated carbocycles. The number of amides is 2. The van der Waals surface area contributed by atoms with Gasteiger partial charge in [0.05, 0.1) is 17.2 Å². The zero-order valence-electron chi connectivity index (χ0n) is 26.5. The maximum atomic E-state index is 14.5. The highest BCUT2D eigenvalue weighted by atomic mass is 79.9. The highest BCUT2D eigenvalue weighted by Crippen LogP contribution is 2.28. The molecule has 0 aromatic heterocycles. The molecule has 2 amide bonds. The van der Waals surface area contributed by atoms with Crippen LogP contribution in [0.1, 0.15) is 38.8 Å². The van der Waals surface area contributed by atoms with Gasteiger partial charge in [-0.15, -0.1) is 0 Å². The van der Waals surface area contributed by atoms with Crippen LogP contribution >= 0.6 is 15.9 Å². The molecule has 10 heteroatoms. The average Bonchev–Trinajstić information content (AvgIpc) is 3.02. The Labute approximate surface area is 280 Å². The largest absolute Gasteiger partial charge is 0.494 e. The normalized spacial score (nSPS) is 12.2. The van der Waals surface area contributed by atoms with E-state index in [1.165, 1.54) is 17.0 Å². The molecule has 0 heterocycles. The van der Waals surface area contributed by atoms with Crippen molar-refractivity contribution in [3.8, 4) is 5.75 Å². The van der Waals surface area contributed by atoms with Crippen molar-refractivity contribution in [3.05, 3.63) is 125 Å². The Bertz CT molecular complexity index is 1690. The fourth-order valence-electron chi connectivity index (χ4n) is 4.92. The van der Waals surface area contributed by atoms with Crippen molar-refractivity contribution in [2.24, 2.45) is 0 Å². The van der Waals surface area contributed by atoms with Gasteiger partial charge >= 0.3 is 0 Å². The molecule has 0 saturated heterocycles. The number of rotatable bonds is 13. The number of carbonyl (C=O) groups excluding carboxylic acids is 2. The first kappa shape index (κ1) is 34.7. The van der Waals surface area contributed by atoms with Crippen molar-refractivity contribution in [3.63, 3.8) is 0 Å². The van der Waals surface area contributed by atoms with Crippen molar-refractivity contribution in [1.82, 2.24) is 10.2 Å². The van der Waals surface area contributed by atoms with Gasteiger partial charge < -0.3 is 15.0 Å². The number of hydrogen-bond donors (Lipinski definition) is 1. The van der Waals surface area contributed by atoms with Crippen molar-refractivity contribution < 1.29 is 22.7 Å². The zero-order valence-corrected chi connectivity index (χ0v) is 28.9. The summed E-state index contributed by atoms with van der Waals surface area (Å²) in [5.74, 6) is -0.279. The summed E-state index contributed by atoms with van der Waals surface area (Å²) in [4.78, 5) is 30.0. The lowest BCUT2D eigenvalue weighted by Gasteiger charge is -2.35. The lowest BCUT2D eigenvalue weighted by atomic mass is 10.0. The molecule has 0 unspecified atom stereocenters. The van der Waals surface area contributed by atoms with E-state index in [1.54, 1.807) is 36.4 Å². The maximum absolute atomic E-state index is 14.5. The predicted molar refractivity (Wildman–Crippen MR) is 185 cm³/mol. The van der Waals surface area contributed by atoms with Crippen molar-refractivity contribution in [2.75, 3.05) is 17.5 Å². The Hall–Kier alpha value is -4.15. The van der Waals surface area contributed by atoms with Crippen LogP contribution in [0.25, 0.3) is 0 Å². The third-order valence-electron chi connectivity index (χ3n) is 7.08. The predicted octanol–water partition coefficient (Wildman–Crippen LogP) is 6.60. The molecule has 0 fully saturated rings. The molecule has 242 valence electrons. The number of carbonyl (C=O) groups is 2. The fraction of sp³-hybridized carbons (Fsp3) is 0.278. The minimum Gasteiger partial charge on any atom is -0.494 e. The summed E-state index contributed by atoms with van der Waals surface area (Å²) in [6.07, 6.45) is 0.240. The van der Waals surface area contributed by atoms with Gasteiger partial charge in [0.15, 0.2) is 0 Å². The first-order valence-electron chi connectivity index (χ1n) is 15.1. The van der Waals surface area contributed by atoms with Crippen LogP contribution < -0.4 is 14.4 Å². The number of nitrogens with one attached hydrogen (secondary N) is 1. The second-order valence-corrected chi connectivity index (χ2v) is 14.6. The summed E-state index contributed by atoms with van der Waals surface area (Å²) in [6.45, 7) is 7.52. The topological polar surface area (TPSA) is 96.0 Å². The van der Waals surface area contributed by atoms with E-state index in [-0.39, 0.29) is 29.5 Å². The lowest BCUT2D eigenvalue weighted by molar-refractivity contribution is -0.140. The van der Waals surface area contributed by atoms with Crippen LogP contribution in [-0.4, -0.2) is 49.9 Å². The minimum atomic E-state index is -4.21. The summed E-state index contributed by atoms with van der Waals surface area (Å²) in [6, 6.07) is 30.7. The molecule has 0 spiro atoms. The van der Waals surface area contributed by atoms with Gasteiger partial charge in [-0.2, -0.15) is 0 Å². The SMILES string of the molecule is CCOc1ccc(N(CC(=O)N(Cc2ccccc2)[C@@H](Cc2ccccc2)C(=O)NC(C)(C)C)S(=O)(=O)c2ccc(Br)cc2)cc1. The first-order chi connectivity index (χ1) is 21.9. The van der Waals surface area contributed by atoms with Gasteiger partial charge in [0.2, 0.25) is 11.8 Å². The summed E-state index contributed by atoms with van der Waals surface area (Å²) in [5, 5.41) is 3.04. The second-order valence-electron chi connectivity index (χ2n) is 11.8. The van der Waals surface area contributed by atoms with E-state index >= 15 is 0 Å². The fourth-order valence-corrected chi connectivity index (χ4v) is 6.60. The molecule has 8 nitrogen and oxygen atoms in total. The quantitative estimate of drug-likeness (QED) is 0.169. The lowest BCUT2D eigenvalue weighted by Crippen LogP contribution is -2.56. The van der Waals surface area contributed by atoms with Crippen LogP contribution in [0.3, 0.4) is 0 Å². The molecule has 46 heavy (non-hydrogen) atoms. The molecule has 1 atom stereocenters. The third-order valence-corrected chi connectivity index (χ3v) is 9.40. The number of hydrogen-bond acceptors (Lipinski definition) is 5. The number of nitrogens with zero attached hydrogens (tertiary/aromatic N) is 2. The monoisotopic (exact) mass is 705 g/mol. The van der Waals surface area contributed by atoms with Gasteiger partial charge in [-0.1, -0.05) is 76.6 Å². The molecular formula is C36H40BrN3O5S. The van der Waals surface area contributed by atoms with Crippen LogP contribution in [0.15, 0.2) is 119 Å². The number of anilines is 1. The van der Waals surface area contributed by atoms with Crippen LogP contribution in [0, 0.1) is 0 Å². The molecule has 0 aliphatic rings. The highest BCUT2D eigenvalue weighted by Gasteiger charge is 2.35. The average molecular weight is 707 g/mol. The van der Waals surface area contributed by atoms with Gasteiger partial charge in [0.25, 0.3) is 10.0 Å². The smallest absolute Gasteiger partial charge is 0.264 e. The zero-order chi connectivity index (χ0) is 33.3. The van der Waals surface area contributed by atoms with E-state index in [0.717, 1.165) is 19.9 Å². The van der Waals surface area contributed by atoms with Gasteiger partial charge in [-0.05, 0) is 87.4 Å². The number of sulfonamides is 1. The summed E-state index contributed by atoms with van der Waals surface area (Å²) >= 11 is 3.36. The van der Waals surface area contributed by atoms with E-state index in [0.29, 0.717) is 12.4 Å². The van der Waals surface area contributed by atoms with E-state index in [2.05, 4.69) is 21.2 Å². The Morgan fingerprint density at radius 3 is 1.93 bits per heavy atom. The summed E-state index contributed by atoms with van der Waals surface area (Å²) < 4.78 is 35.7.